The number of nitrogens with zero attached hydrogens (tertiary/aromatic N) is 4. The van der Waals surface area contributed by atoms with Crippen molar-refractivity contribution in [2.24, 2.45) is 0 Å². The average Bonchev–Trinajstić information content (AvgIpc) is 3.02. The number of carbonyl (C=O) groups excluding carboxylic acids is 2. The monoisotopic (exact) mass is 638 g/mol. The Morgan fingerprint density at radius 3 is 2.61 bits per heavy atom. The van der Waals surface area contributed by atoms with Gasteiger partial charge in [-0.25, -0.2) is 19.2 Å². The fourth-order valence-corrected chi connectivity index (χ4v) is 5.78. The number of aromatic nitrogens is 2. The van der Waals surface area contributed by atoms with Crippen molar-refractivity contribution in [2.45, 2.75) is 31.9 Å². The number of nitrogens with one attached hydrogen (secondary N) is 2. The van der Waals surface area contributed by atoms with Crippen LogP contribution in [-0.2, 0) is 11.3 Å². The molecule has 0 bridgehead atoms. The van der Waals surface area contributed by atoms with Crippen molar-refractivity contribution in [3.05, 3.63) is 76.3 Å². The van der Waals surface area contributed by atoms with Crippen molar-refractivity contribution in [3.63, 3.8) is 0 Å². The lowest BCUT2D eigenvalue weighted by atomic mass is 10.0. The SMILES string of the molecule is COc1cc2ncnc(Nc3ccc(Cl)c(Cl)c3F)c2cc1OC1CCN(Cc2ccccc2N2CCC(=O)NC2=O)CC1. The summed E-state index contributed by atoms with van der Waals surface area (Å²) in [7, 11) is 1.57. The molecular weight excluding hydrogens is 610 g/mol. The Bertz CT molecular complexity index is 1730. The van der Waals surface area contributed by atoms with Crippen molar-refractivity contribution in [1.29, 1.82) is 0 Å². The number of halogens is 3. The van der Waals surface area contributed by atoms with Crippen LogP contribution in [0.5, 0.6) is 11.5 Å². The minimum atomic E-state index is -0.681. The van der Waals surface area contributed by atoms with Gasteiger partial charge >= 0.3 is 6.03 Å². The summed E-state index contributed by atoms with van der Waals surface area (Å²) in [6.07, 6.45) is 3.13. The molecule has 6 rings (SSSR count). The van der Waals surface area contributed by atoms with Gasteiger partial charge in [0.2, 0.25) is 5.91 Å². The van der Waals surface area contributed by atoms with Crippen molar-refractivity contribution in [2.75, 3.05) is 37.0 Å². The molecule has 13 heteroatoms. The van der Waals surface area contributed by atoms with Gasteiger partial charge in [0, 0.05) is 49.7 Å². The summed E-state index contributed by atoms with van der Waals surface area (Å²) in [6.45, 7) is 2.59. The van der Waals surface area contributed by atoms with Gasteiger partial charge in [0.1, 0.15) is 18.2 Å². The fraction of sp³-hybridized carbons (Fsp3) is 0.290. The first-order valence-electron chi connectivity index (χ1n) is 14.1. The van der Waals surface area contributed by atoms with E-state index in [2.05, 4.69) is 25.5 Å². The van der Waals surface area contributed by atoms with Crippen LogP contribution in [0, 0.1) is 5.82 Å². The van der Waals surface area contributed by atoms with E-state index in [0.717, 1.165) is 37.2 Å². The second-order valence-electron chi connectivity index (χ2n) is 10.6. The predicted molar refractivity (Wildman–Crippen MR) is 167 cm³/mol. The zero-order valence-corrected chi connectivity index (χ0v) is 25.3. The summed E-state index contributed by atoms with van der Waals surface area (Å²) >= 11 is 11.9. The van der Waals surface area contributed by atoms with Crippen molar-refractivity contribution in [3.8, 4) is 11.5 Å². The van der Waals surface area contributed by atoms with E-state index in [1.807, 2.05) is 24.3 Å². The van der Waals surface area contributed by atoms with E-state index in [4.69, 9.17) is 32.7 Å². The second kappa shape index (κ2) is 12.8. The highest BCUT2D eigenvalue weighted by Crippen LogP contribution is 2.38. The Labute approximate surface area is 263 Å². The molecule has 0 unspecified atom stereocenters. The minimum absolute atomic E-state index is 0.0692. The van der Waals surface area contributed by atoms with Gasteiger partial charge in [0.05, 0.1) is 28.4 Å². The predicted octanol–water partition coefficient (Wildman–Crippen LogP) is 6.32. The van der Waals surface area contributed by atoms with Gasteiger partial charge in [0.15, 0.2) is 17.3 Å². The number of imide groups is 1. The van der Waals surface area contributed by atoms with Gasteiger partial charge in [-0.05, 0) is 42.7 Å². The number of carbonyl (C=O) groups is 2. The topological polar surface area (TPSA) is 109 Å². The first kappa shape index (κ1) is 29.9. The van der Waals surface area contributed by atoms with Crippen LogP contribution < -0.4 is 25.0 Å². The van der Waals surface area contributed by atoms with E-state index in [0.29, 0.717) is 41.3 Å². The van der Waals surface area contributed by atoms with Crippen LogP contribution in [0.4, 0.5) is 26.4 Å². The maximum atomic E-state index is 14.8. The molecule has 44 heavy (non-hydrogen) atoms. The molecule has 0 saturated carbocycles. The third-order valence-electron chi connectivity index (χ3n) is 7.77. The molecule has 2 aliphatic heterocycles. The summed E-state index contributed by atoms with van der Waals surface area (Å²) in [4.78, 5) is 36.7. The lowest BCUT2D eigenvalue weighted by Crippen LogP contribution is -2.50. The number of hydrogen-bond acceptors (Lipinski definition) is 8. The van der Waals surface area contributed by atoms with Gasteiger partial charge in [-0.15, -0.1) is 0 Å². The van der Waals surface area contributed by atoms with Crippen molar-refractivity contribution < 1.29 is 23.5 Å². The average molecular weight is 640 g/mol. The van der Waals surface area contributed by atoms with E-state index in [-0.39, 0.29) is 34.2 Å². The number of anilines is 3. The van der Waals surface area contributed by atoms with Crippen molar-refractivity contribution >= 4 is 63.2 Å². The number of likely N-dealkylation sites (tertiary alicyclic amines) is 1. The second-order valence-corrected chi connectivity index (χ2v) is 11.4. The lowest BCUT2D eigenvalue weighted by molar-refractivity contribution is -0.120. The maximum Gasteiger partial charge on any atom is 0.328 e. The number of hydrogen-bond donors (Lipinski definition) is 2. The Morgan fingerprint density at radius 1 is 1.05 bits per heavy atom. The zero-order chi connectivity index (χ0) is 30.8. The van der Waals surface area contributed by atoms with Crippen molar-refractivity contribution in [1.82, 2.24) is 20.2 Å². The van der Waals surface area contributed by atoms with E-state index >= 15 is 0 Å². The molecule has 0 aliphatic carbocycles. The molecule has 1 aromatic heterocycles. The number of amides is 3. The molecule has 3 heterocycles. The number of fused-ring (bicyclic) bond motifs is 1. The smallest absolute Gasteiger partial charge is 0.328 e. The summed E-state index contributed by atoms with van der Waals surface area (Å²) in [5.41, 5.74) is 2.55. The number of piperidine rings is 1. The first-order valence-corrected chi connectivity index (χ1v) is 14.9. The number of ether oxygens (including phenoxy) is 2. The number of urea groups is 1. The maximum absolute atomic E-state index is 14.8. The van der Waals surface area contributed by atoms with Crippen LogP contribution in [-0.4, -0.2) is 59.7 Å². The number of benzene rings is 3. The van der Waals surface area contributed by atoms with Gasteiger partial charge in [-0.2, -0.15) is 0 Å². The van der Waals surface area contributed by atoms with Crippen LogP contribution in [0.1, 0.15) is 24.8 Å². The Hall–Kier alpha value is -4.19. The molecule has 228 valence electrons. The third kappa shape index (κ3) is 6.21. The van der Waals surface area contributed by atoms with Crippen LogP contribution >= 0.6 is 23.2 Å². The molecule has 2 N–H and O–H groups in total. The number of methoxy groups -OCH3 is 1. The molecule has 10 nitrogen and oxygen atoms in total. The molecular formula is C31H29Cl2FN6O4. The number of rotatable bonds is 8. The first-order chi connectivity index (χ1) is 21.3. The van der Waals surface area contributed by atoms with Gasteiger partial charge < -0.3 is 14.8 Å². The molecule has 0 radical (unpaired) electrons. The summed E-state index contributed by atoms with van der Waals surface area (Å²) in [6, 6.07) is 13.9. The highest BCUT2D eigenvalue weighted by Gasteiger charge is 2.28. The third-order valence-corrected chi connectivity index (χ3v) is 8.55. The van der Waals surface area contributed by atoms with Crippen LogP contribution in [0.25, 0.3) is 10.9 Å². The molecule has 2 aliphatic rings. The van der Waals surface area contributed by atoms with Gasteiger partial charge in [0.25, 0.3) is 0 Å². The molecule has 0 spiro atoms. The summed E-state index contributed by atoms with van der Waals surface area (Å²) in [5, 5.41) is 5.95. The van der Waals surface area contributed by atoms with Crippen LogP contribution in [0.3, 0.4) is 0 Å². The normalized spacial score (nSPS) is 16.2. The van der Waals surface area contributed by atoms with Crippen LogP contribution in [0.2, 0.25) is 10.0 Å². The standard InChI is InChI=1S/C31H29Cl2FN6O4/c1-43-25-15-23-20(30(36-17-35-23)37-22-7-6-21(32)28(33)29(22)34)14-26(25)44-19-8-11-39(12-9-19)16-18-4-2-3-5-24(18)40-13-10-27(41)38-31(40)42/h2-7,14-15,17,19H,8-13,16H2,1H3,(H,35,36,37)(H,38,41,42). The molecule has 3 aromatic carbocycles. The zero-order valence-electron chi connectivity index (χ0n) is 23.8. The molecule has 2 fully saturated rings. The number of para-hydroxylation sites is 1. The van der Waals surface area contributed by atoms with E-state index in [1.165, 1.54) is 18.5 Å². The Kier molecular flexibility index (Phi) is 8.69. The highest BCUT2D eigenvalue weighted by atomic mass is 35.5. The summed E-state index contributed by atoms with van der Waals surface area (Å²) < 4.78 is 26.8. The quantitative estimate of drug-likeness (QED) is 0.216. The molecule has 0 atom stereocenters. The molecule has 3 amide bonds. The lowest BCUT2D eigenvalue weighted by Gasteiger charge is -2.34. The van der Waals surface area contributed by atoms with Gasteiger partial charge in [-0.3, -0.25) is 19.9 Å². The van der Waals surface area contributed by atoms with Gasteiger partial charge in [-0.1, -0.05) is 41.4 Å². The minimum Gasteiger partial charge on any atom is -0.493 e. The van der Waals surface area contributed by atoms with E-state index in [1.54, 1.807) is 24.1 Å². The van der Waals surface area contributed by atoms with Crippen LogP contribution in [0.15, 0.2) is 54.9 Å². The largest absolute Gasteiger partial charge is 0.493 e. The summed E-state index contributed by atoms with van der Waals surface area (Å²) in [5.74, 6) is 0.494. The highest BCUT2D eigenvalue weighted by molar-refractivity contribution is 6.42. The Morgan fingerprint density at radius 2 is 1.84 bits per heavy atom. The van der Waals surface area contributed by atoms with E-state index in [9.17, 15) is 14.0 Å². The fourth-order valence-electron chi connectivity index (χ4n) is 5.47. The van der Waals surface area contributed by atoms with E-state index < -0.39 is 11.8 Å². The molecule has 2 saturated heterocycles. The molecule has 4 aromatic rings. The Balaban J connectivity index is 1.15.